The normalized spacial score (nSPS) is 10.6. The average Bonchev–Trinajstić information content (AvgIpc) is 2.41. The van der Waals surface area contributed by atoms with E-state index in [4.69, 9.17) is 5.73 Å². The fraction of sp³-hybridized carbons (Fsp3) is 0.500. The van der Waals surface area contributed by atoms with Crippen LogP contribution in [0.4, 0.5) is 5.82 Å². The summed E-state index contributed by atoms with van der Waals surface area (Å²) in [5.41, 5.74) is 9.94. The van der Waals surface area contributed by atoms with Crippen molar-refractivity contribution < 1.29 is 0 Å². The van der Waals surface area contributed by atoms with Gasteiger partial charge in [0, 0.05) is 11.6 Å². The third-order valence-electron chi connectivity index (χ3n) is 3.88. The predicted octanol–water partition coefficient (Wildman–Crippen LogP) is 5.05. The molecule has 1 aromatic heterocycles. The van der Waals surface area contributed by atoms with E-state index in [0.29, 0.717) is 5.82 Å². The number of nitrogen functional groups attached to an aromatic ring is 1. The molecule has 2 aromatic rings. The number of fused-ring (bicyclic) bond motifs is 1. The smallest absolute Gasteiger partial charge is 0.131 e. The summed E-state index contributed by atoms with van der Waals surface area (Å²) in [5, 5.41) is 2.30. The van der Waals surface area contributed by atoms with Gasteiger partial charge in [-0.05, 0) is 60.4 Å². The molecule has 2 N–H and O–H groups in total. The molecule has 20 heavy (non-hydrogen) atoms. The summed E-state index contributed by atoms with van der Waals surface area (Å²) in [6.45, 7) is 13.1. The van der Waals surface area contributed by atoms with E-state index in [-0.39, 0.29) is 0 Å². The number of hydrogen-bond acceptors (Lipinski definition) is 2. The Bertz CT molecular complexity index is 571. The summed E-state index contributed by atoms with van der Waals surface area (Å²) in [6.07, 6.45) is 4.15. The number of anilines is 1. The first-order chi connectivity index (χ1) is 9.42. The fourth-order valence-corrected chi connectivity index (χ4v) is 2.27. The third-order valence-corrected chi connectivity index (χ3v) is 3.88. The highest BCUT2D eigenvalue weighted by molar-refractivity contribution is 5.94. The van der Waals surface area contributed by atoms with Crippen LogP contribution in [0.3, 0.4) is 0 Å². The van der Waals surface area contributed by atoms with Gasteiger partial charge in [0.1, 0.15) is 5.82 Å². The molecule has 0 aliphatic carbocycles. The van der Waals surface area contributed by atoms with Crippen LogP contribution >= 0.6 is 0 Å². The maximum absolute atomic E-state index is 5.87. The summed E-state index contributed by atoms with van der Waals surface area (Å²) in [6, 6.07) is 4.18. The Labute approximate surface area is 123 Å². The average molecular weight is 272 g/mol. The molecule has 0 aliphatic heterocycles. The van der Waals surface area contributed by atoms with E-state index in [1.54, 1.807) is 6.20 Å². The van der Waals surface area contributed by atoms with Crippen molar-refractivity contribution in [2.24, 2.45) is 5.92 Å². The van der Waals surface area contributed by atoms with Crippen molar-refractivity contribution in [3.8, 4) is 0 Å². The molecule has 0 bridgehead atoms. The highest BCUT2D eigenvalue weighted by Crippen LogP contribution is 2.27. The Morgan fingerprint density at radius 3 is 2.25 bits per heavy atom. The van der Waals surface area contributed by atoms with Crippen molar-refractivity contribution in [1.29, 1.82) is 0 Å². The first-order valence-corrected chi connectivity index (χ1v) is 7.55. The Balaban J connectivity index is 0.000000347. The van der Waals surface area contributed by atoms with Gasteiger partial charge < -0.3 is 5.73 Å². The lowest BCUT2D eigenvalue weighted by Crippen LogP contribution is -1.97. The highest BCUT2D eigenvalue weighted by atomic mass is 14.8. The molecule has 0 amide bonds. The molecule has 0 saturated carbocycles. The molecule has 0 saturated heterocycles. The molecular weight excluding hydrogens is 244 g/mol. The van der Waals surface area contributed by atoms with Crippen LogP contribution in [0.15, 0.2) is 18.3 Å². The Hall–Kier alpha value is -1.57. The zero-order chi connectivity index (χ0) is 15.3. The van der Waals surface area contributed by atoms with Crippen molar-refractivity contribution in [3.63, 3.8) is 0 Å². The maximum Gasteiger partial charge on any atom is 0.131 e. The number of nitrogens with zero attached hydrogens (tertiary/aromatic N) is 1. The molecule has 110 valence electrons. The van der Waals surface area contributed by atoms with Gasteiger partial charge in [0.2, 0.25) is 0 Å². The number of rotatable bonds is 2. The zero-order valence-corrected chi connectivity index (χ0v) is 13.7. The van der Waals surface area contributed by atoms with Gasteiger partial charge in [0.25, 0.3) is 0 Å². The fourth-order valence-electron chi connectivity index (χ4n) is 2.27. The molecule has 0 unspecified atom stereocenters. The van der Waals surface area contributed by atoms with Crippen molar-refractivity contribution in [1.82, 2.24) is 4.98 Å². The van der Waals surface area contributed by atoms with Crippen molar-refractivity contribution in [2.75, 3.05) is 5.73 Å². The van der Waals surface area contributed by atoms with Gasteiger partial charge in [-0.25, -0.2) is 4.98 Å². The number of pyridine rings is 1. The quantitative estimate of drug-likeness (QED) is 0.831. The van der Waals surface area contributed by atoms with E-state index in [2.05, 4.69) is 52.6 Å². The minimum atomic E-state index is 0.626. The summed E-state index contributed by atoms with van der Waals surface area (Å²) in [5.74, 6) is 1.51. The predicted molar refractivity (Wildman–Crippen MR) is 90.1 cm³/mol. The monoisotopic (exact) mass is 272 g/mol. The van der Waals surface area contributed by atoms with Crippen LogP contribution < -0.4 is 5.73 Å². The van der Waals surface area contributed by atoms with Gasteiger partial charge in [-0.1, -0.05) is 34.1 Å². The van der Waals surface area contributed by atoms with Gasteiger partial charge >= 0.3 is 0 Å². The Morgan fingerprint density at radius 2 is 1.75 bits per heavy atom. The summed E-state index contributed by atoms with van der Waals surface area (Å²) < 4.78 is 0. The lowest BCUT2D eigenvalue weighted by Gasteiger charge is -2.12. The molecule has 0 spiro atoms. The summed E-state index contributed by atoms with van der Waals surface area (Å²) >= 11 is 0. The van der Waals surface area contributed by atoms with Crippen LogP contribution in [0.25, 0.3) is 10.8 Å². The van der Waals surface area contributed by atoms with Crippen molar-refractivity contribution >= 4 is 16.6 Å². The van der Waals surface area contributed by atoms with Gasteiger partial charge in [-0.2, -0.15) is 0 Å². The van der Waals surface area contributed by atoms with Crippen LogP contribution in [-0.2, 0) is 6.42 Å². The molecule has 2 heteroatoms. The van der Waals surface area contributed by atoms with Crippen LogP contribution in [0.2, 0.25) is 0 Å². The van der Waals surface area contributed by atoms with E-state index < -0.39 is 0 Å². The van der Waals surface area contributed by atoms with Crippen molar-refractivity contribution in [2.45, 2.75) is 54.4 Å². The van der Waals surface area contributed by atoms with Crippen LogP contribution in [0.1, 0.15) is 50.8 Å². The second-order valence-electron chi connectivity index (χ2n) is 5.74. The van der Waals surface area contributed by atoms with Gasteiger partial charge in [0.05, 0.1) is 0 Å². The van der Waals surface area contributed by atoms with E-state index in [0.717, 1.165) is 17.7 Å². The standard InChI is InChI=1S/C13H16N2.C5H12/c1-4-10-8(2)7-12-11(9(10)3)5-6-15-13(12)14;1-4-5(2)3/h5-7H,4H2,1-3H3,(H2,14,15);5H,4H2,1-3H3. The summed E-state index contributed by atoms with van der Waals surface area (Å²) in [4.78, 5) is 4.12. The molecule has 0 fully saturated rings. The number of nitrogens with two attached hydrogens (primary N) is 1. The van der Waals surface area contributed by atoms with Crippen LogP contribution in [-0.4, -0.2) is 4.98 Å². The number of hydrogen-bond donors (Lipinski definition) is 1. The molecule has 1 aromatic carbocycles. The molecule has 0 radical (unpaired) electrons. The van der Waals surface area contributed by atoms with E-state index in [1.165, 1.54) is 28.5 Å². The lowest BCUT2D eigenvalue weighted by atomic mass is 9.95. The third kappa shape index (κ3) is 3.72. The molecule has 2 nitrogen and oxygen atoms in total. The van der Waals surface area contributed by atoms with Crippen LogP contribution in [0, 0.1) is 19.8 Å². The van der Waals surface area contributed by atoms with E-state index in [9.17, 15) is 0 Å². The maximum atomic E-state index is 5.87. The topological polar surface area (TPSA) is 38.9 Å². The van der Waals surface area contributed by atoms with Crippen molar-refractivity contribution in [3.05, 3.63) is 35.0 Å². The van der Waals surface area contributed by atoms with Gasteiger partial charge in [-0.15, -0.1) is 0 Å². The van der Waals surface area contributed by atoms with Gasteiger partial charge in [-0.3, -0.25) is 0 Å². The Kier molecular flexibility index (Phi) is 6.00. The van der Waals surface area contributed by atoms with E-state index in [1.807, 2.05) is 6.07 Å². The lowest BCUT2D eigenvalue weighted by molar-refractivity contribution is 0.626. The highest BCUT2D eigenvalue weighted by Gasteiger charge is 2.07. The second-order valence-corrected chi connectivity index (χ2v) is 5.74. The minimum Gasteiger partial charge on any atom is -0.383 e. The largest absolute Gasteiger partial charge is 0.383 e. The Morgan fingerprint density at radius 1 is 1.15 bits per heavy atom. The first-order valence-electron chi connectivity index (χ1n) is 7.55. The molecule has 0 aliphatic rings. The second kappa shape index (κ2) is 7.28. The minimum absolute atomic E-state index is 0.626. The number of aryl methyl sites for hydroxylation is 2. The molecule has 2 rings (SSSR count). The molecule has 1 heterocycles. The van der Waals surface area contributed by atoms with Crippen LogP contribution in [0.5, 0.6) is 0 Å². The number of aromatic nitrogens is 1. The first kappa shape index (κ1) is 16.5. The summed E-state index contributed by atoms with van der Waals surface area (Å²) in [7, 11) is 0. The molecular formula is C18H28N2. The van der Waals surface area contributed by atoms with E-state index >= 15 is 0 Å². The SMILES string of the molecule is CCC(C)C.CCc1c(C)cc2c(N)nccc2c1C. The number of benzene rings is 1. The van der Waals surface area contributed by atoms with Gasteiger partial charge in [0.15, 0.2) is 0 Å². The molecule has 0 atom stereocenters. The zero-order valence-electron chi connectivity index (χ0n) is 13.7.